The van der Waals surface area contributed by atoms with Gasteiger partial charge in [0.1, 0.15) is 12.2 Å². The van der Waals surface area contributed by atoms with Gasteiger partial charge in [0.15, 0.2) is 0 Å². The molecule has 0 bridgehead atoms. The maximum Gasteiger partial charge on any atom is 0.138 e. The molecule has 2 N–H and O–H groups in total. The number of rotatable bonds is 4. The molecular formula is C11H13BrN4S. The van der Waals surface area contributed by atoms with E-state index in [9.17, 15) is 0 Å². The highest BCUT2D eigenvalue weighted by Crippen LogP contribution is 2.30. The normalized spacial score (nSPS) is 10.7. The first-order valence-corrected chi connectivity index (χ1v) is 7.03. The van der Waals surface area contributed by atoms with Crippen LogP contribution in [-0.2, 0) is 12.3 Å². The Morgan fingerprint density at radius 1 is 1.47 bits per heavy atom. The lowest BCUT2D eigenvalue weighted by Crippen LogP contribution is -2.02. The summed E-state index contributed by atoms with van der Waals surface area (Å²) in [7, 11) is 0. The Labute approximate surface area is 113 Å². The monoisotopic (exact) mass is 312 g/mol. The summed E-state index contributed by atoms with van der Waals surface area (Å²) in [6, 6.07) is 5.86. The third-order valence-electron chi connectivity index (χ3n) is 2.33. The van der Waals surface area contributed by atoms with Crippen molar-refractivity contribution < 1.29 is 0 Å². The van der Waals surface area contributed by atoms with E-state index in [0.29, 0.717) is 0 Å². The molecule has 2 rings (SSSR count). The van der Waals surface area contributed by atoms with Gasteiger partial charge in [-0.25, -0.2) is 9.67 Å². The standard InChI is InChI=1S/C11H13BrN4S/c1-2-16-11(14-7-15-16)6-17-10-5-8(12)3-4-9(10)13/h3-5,7H,2,6,13H2,1H3. The molecule has 0 spiro atoms. The molecule has 0 saturated heterocycles. The lowest BCUT2D eigenvalue weighted by Gasteiger charge is -2.06. The molecule has 0 unspecified atom stereocenters. The number of nitrogens with two attached hydrogens (primary N) is 1. The second-order valence-electron chi connectivity index (χ2n) is 3.46. The predicted octanol–water partition coefficient (Wildman–Crippen LogP) is 2.94. The molecule has 0 aliphatic heterocycles. The minimum Gasteiger partial charge on any atom is -0.398 e. The lowest BCUT2D eigenvalue weighted by molar-refractivity contribution is 0.632. The number of benzene rings is 1. The summed E-state index contributed by atoms with van der Waals surface area (Å²) in [4.78, 5) is 5.29. The fraction of sp³-hybridized carbons (Fsp3) is 0.273. The number of anilines is 1. The molecule has 0 radical (unpaired) electrons. The number of hydrogen-bond acceptors (Lipinski definition) is 4. The first-order valence-electron chi connectivity index (χ1n) is 5.25. The Bertz CT molecular complexity index is 512. The largest absolute Gasteiger partial charge is 0.398 e. The minimum absolute atomic E-state index is 0.772. The van der Waals surface area contributed by atoms with Crippen LogP contribution in [0.4, 0.5) is 5.69 Å². The maximum atomic E-state index is 5.91. The molecule has 0 aliphatic carbocycles. The van der Waals surface area contributed by atoms with Gasteiger partial charge in [0.2, 0.25) is 0 Å². The van der Waals surface area contributed by atoms with Crippen LogP contribution >= 0.6 is 27.7 Å². The summed E-state index contributed by atoms with van der Waals surface area (Å²) < 4.78 is 2.92. The Hall–Kier alpha value is -1.01. The first-order chi connectivity index (χ1) is 8.20. The molecule has 0 amide bonds. The van der Waals surface area contributed by atoms with Crippen LogP contribution in [0.15, 0.2) is 33.9 Å². The highest BCUT2D eigenvalue weighted by atomic mass is 79.9. The second-order valence-corrected chi connectivity index (χ2v) is 5.40. The Kier molecular flexibility index (Phi) is 4.06. The van der Waals surface area contributed by atoms with E-state index in [0.717, 1.165) is 33.2 Å². The molecule has 17 heavy (non-hydrogen) atoms. The van der Waals surface area contributed by atoms with Gasteiger partial charge in [-0.2, -0.15) is 5.10 Å². The maximum absolute atomic E-state index is 5.91. The highest BCUT2D eigenvalue weighted by molar-refractivity contribution is 9.10. The third kappa shape index (κ3) is 3.01. The van der Waals surface area contributed by atoms with E-state index < -0.39 is 0 Å². The van der Waals surface area contributed by atoms with Crippen molar-refractivity contribution >= 4 is 33.4 Å². The third-order valence-corrected chi connectivity index (χ3v) is 3.89. The van der Waals surface area contributed by atoms with Crippen molar-refractivity contribution in [1.29, 1.82) is 0 Å². The number of hydrogen-bond donors (Lipinski definition) is 1. The predicted molar refractivity (Wildman–Crippen MR) is 73.8 cm³/mol. The fourth-order valence-electron chi connectivity index (χ4n) is 1.44. The van der Waals surface area contributed by atoms with Crippen LogP contribution in [0.1, 0.15) is 12.7 Å². The molecule has 1 aromatic heterocycles. The van der Waals surface area contributed by atoms with Crippen molar-refractivity contribution in [1.82, 2.24) is 14.8 Å². The summed E-state index contributed by atoms with van der Waals surface area (Å²) in [6.07, 6.45) is 1.59. The van der Waals surface area contributed by atoms with Gasteiger partial charge in [0.05, 0.1) is 5.75 Å². The average Bonchev–Trinajstić information content (AvgIpc) is 2.77. The summed E-state index contributed by atoms with van der Waals surface area (Å²) in [5.41, 5.74) is 6.71. The molecule has 6 heteroatoms. The molecule has 1 heterocycles. The van der Waals surface area contributed by atoms with Gasteiger partial charge in [-0.05, 0) is 25.1 Å². The van der Waals surface area contributed by atoms with E-state index in [2.05, 4.69) is 32.9 Å². The summed E-state index contributed by atoms with van der Waals surface area (Å²) in [6.45, 7) is 2.89. The topological polar surface area (TPSA) is 56.7 Å². The number of nitrogens with zero attached hydrogens (tertiary/aromatic N) is 3. The molecule has 0 saturated carbocycles. The van der Waals surface area contributed by atoms with E-state index in [-0.39, 0.29) is 0 Å². The van der Waals surface area contributed by atoms with Crippen molar-refractivity contribution in [2.75, 3.05) is 5.73 Å². The Balaban J connectivity index is 2.09. The average molecular weight is 313 g/mol. The van der Waals surface area contributed by atoms with Crippen LogP contribution in [-0.4, -0.2) is 14.8 Å². The number of halogens is 1. The molecule has 0 fully saturated rings. The minimum atomic E-state index is 0.772. The zero-order valence-electron chi connectivity index (χ0n) is 9.43. The van der Waals surface area contributed by atoms with Crippen LogP contribution < -0.4 is 5.73 Å². The van der Waals surface area contributed by atoms with Crippen LogP contribution in [0.25, 0.3) is 0 Å². The molecular weight excluding hydrogens is 300 g/mol. The number of aromatic nitrogens is 3. The summed E-state index contributed by atoms with van der Waals surface area (Å²) >= 11 is 5.11. The molecule has 90 valence electrons. The summed E-state index contributed by atoms with van der Waals surface area (Å²) in [5, 5.41) is 4.14. The van der Waals surface area contributed by atoms with Crippen molar-refractivity contribution in [2.45, 2.75) is 24.1 Å². The zero-order valence-corrected chi connectivity index (χ0v) is 11.8. The highest BCUT2D eigenvalue weighted by Gasteiger charge is 2.06. The van der Waals surface area contributed by atoms with Gasteiger partial charge < -0.3 is 5.73 Å². The van der Waals surface area contributed by atoms with Crippen LogP contribution in [0, 0.1) is 0 Å². The molecule has 1 aromatic carbocycles. The van der Waals surface area contributed by atoms with E-state index in [4.69, 9.17) is 5.73 Å². The van der Waals surface area contributed by atoms with Crippen molar-refractivity contribution in [3.8, 4) is 0 Å². The number of aryl methyl sites for hydroxylation is 1. The van der Waals surface area contributed by atoms with Crippen molar-refractivity contribution in [3.63, 3.8) is 0 Å². The number of nitrogen functional groups attached to an aromatic ring is 1. The van der Waals surface area contributed by atoms with E-state index in [1.165, 1.54) is 0 Å². The smallest absolute Gasteiger partial charge is 0.138 e. The fourth-order valence-corrected chi connectivity index (χ4v) is 2.91. The Morgan fingerprint density at radius 2 is 2.29 bits per heavy atom. The van der Waals surface area contributed by atoms with Gasteiger partial charge in [0, 0.05) is 21.6 Å². The lowest BCUT2D eigenvalue weighted by atomic mass is 10.3. The van der Waals surface area contributed by atoms with Crippen molar-refractivity contribution in [3.05, 3.63) is 34.8 Å². The Morgan fingerprint density at radius 3 is 3.06 bits per heavy atom. The van der Waals surface area contributed by atoms with Crippen LogP contribution in [0.5, 0.6) is 0 Å². The zero-order chi connectivity index (χ0) is 12.3. The van der Waals surface area contributed by atoms with Gasteiger partial charge in [-0.3, -0.25) is 0 Å². The first kappa shape index (κ1) is 12.4. The van der Waals surface area contributed by atoms with Crippen LogP contribution in [0.2, 0.25) is 0 Å². The van der Waals surface area contributed by atoms with E-state index in [1.807, 2.05) is 22.9 Å². The van der Waals surface area contributed by atoms with Gasteiger partial charge >= 0.3 is 0 Å². The summed E-state index contributed by atoms with van der Waals surface area (Å²) in [5.74, 6) is 1.74. The van der Waals surface area contributed by atoms with E-state index in [1.54, 1.807) is 18.1 Å². The van der Waals surface area contributed by atoms with Crippen LogP contribution in [0.3, 0.4) is 0 Å². The van der Waals surface area contributed by atoms with Gasteiger partial charge in [0.25, 0.3) is 0 Å². The van der Waals surface area contributed by atoms with Gasteiger partial charge in [-0.1, -0.05) is 15.9 Å². The molecule has 0 atom stereocenters. The molecule has 0 aliphatic rings. The second kappa shape index (κ2) is 5.55. The SMILES string of the molecule is CCn1ncnc1CSc1cc(Br)ccc1N. The number of thioether (sulfide) groups is 1. The van der Waals surface area contributed by atoms with Gasteiger partial charge in [-0.15, -0.1) is 11.8 Å². The van der Waals surface area contributed by atoms with Crippen molar-refractivity contribution in [2.24, 2.45) is 0 Å². The molecule has 2 aromatic rings. The quantitative estimate of drug-likeness (QED) is 0.696. The molecule has 4 nitrogen and oxygen atoms in total. The van der Waals surface area contributed by atoms with E-state index >= 15 is 0 Å².